The molecule has 0 bridgehead atoms. The van der Waals surface area contributed by atoms with Gasteiger partial charge in [0.1, 0.15) is 0 Å². The molecule has 1 aromatic carbocycles. The van der Waals surface area contributed by atoms with Gasteiger partial charge in [-0.2, -0.15) is 0 Å². The summed E-state index contributed by atoms with van der Waals surface area (Å²) in [6, 6.07) is 4.03. The standard InChI is InChI=1S/C14H17F2N3S/c1-3-4-12-14(20-19-18-12)13(17-2)8-9-5-6-10(15)11(16)7-9/h5-7,13,17H,3-4,8H2,1-2H3. The second-order valence-corrected chi connectivity index (χ2v) is 5.41. The van der Waals surface area contributed by atoms with Crippen molar-refractivity contribution in [3.63, 3.8) is 0 Å². The van der Waals surface area contributed by atoms with E-state index in [1.807, 2.05) is 7.05 Å². The number of nitrogens with zero attached hydrogens (tertiary/aromatic N) is 2. The van der Waals surface area contributed by atoms with Crippen LogP contribution in [0.15, 0.2) is 18.2 Å². The minimum atomic E-state index is -0.819. The van der Waals surface area contributed by atoms with Gasteiger partial charge in [-0.05, 0) is 49.1 Å². The molecule has 3 nitrogen and oxygen atoms in total. The fourth-order valence-corrected chi connectivity index (χ4v) is 2.92. The maximum absolute atomic E-state index is 13.3. The molecule has 20 heavy (non-hydrogen) atoms. The SMILES string of the molecule is CCCc1nnsc1C(Cc1ccc(F)c(F)c1)NC. The lowest BCUT2D eigenvalue weighted by atomic mass is 10.0. The fraction of sp³-hybridized carbons (Fsp3) is 0.429. The third kappa shape index (κ3) is 3.37. The van der Waals surface area contributed by atoms with E-state index in [0.29, 0.717) is 6.42 Å². The van der Waals surface area contributed by atoms with Crippen molar-refractivity contribution in [1.82, 2.24) is 14.9 Å². The Hall–Kier alpha value is -1.40. The molecule has 108 valence electrons. The van der Waals surface area contributed by atoms with Crippen molar-refractivity contribution in [2.45, 2.75) is 32.2 Å². The van der Waals surface area contributed by atoms with Gasteiger partial charge in [-0.3, -0.25) is 0 Å². The second kappa shape index (κ2) is 6.85. The topological polar surface area (TPSA) is 37.8 Å². The zero-order valence-electron chi connectivity index (χ0n) is 11.5. The smallest absolute Gasteiger partial charge is 0.159 e. The number of hydrogen-bond acceptors (Lipinski definition) is 4. The summed E-state index contributed by atoms with van der Waals surface area (Å²) in [4.78, 5) is 1.07. The molecule has 0 fully saturated rings. The Morgan fingerprint density at radius 1 is 1.30 bits per heavy atom. The third-order valence-electron chi connectivity index (χ3n) is 3.16. The van der Waals surface area contributed by atoms with Gasteiger partial charge in [0.25, 0.3) is 0 Å². The summed E-state index contributed by atoms with van der Waals surface area (Å²) in [5, 5.41) is 7.34. The molecule has 6 heteroatoms. The second-order valence-electron chi connectivity index (χ2n) is 4.63. The maximum atomic E-state index is 13.3. The van der Waals surface area contributed by atoms with Crippen LogP contribution >= 0.6 is 11.5 Å². The third-order valence-corrected chi connectivity index (χ3v) is 4.04. The van der Waals surface area contributed by atoms with Crippen LogP contribution in [0.1, 0.15) is 35.5 Å². The number of aromatic nitrogens is 2. The lowest BCUT2D eigenvalue weighted by Gasteiger charge is -2.15. The van der Waals surface area contributed by atoms with Crippen LogP contribution in [0.3, 0.4) is 0 Å². The number of nitrogens with one attached hydrogen (secondary N) is 1. The Labute approximate surface area is 121 Å². The molecule has 0 saturated carbocycles. The quantitative estimate of drug-likeness (QED) is 0.889. The van der Waals surface area contributed by atoms with Crippen LogP contribution in [0, 0.1) is 11.6 Å². The van der Waals surface area contributed by atoms with E-state index in [0.717, 1.165) is 35.0 Å². The van der Waals surface area contributed by atoms with E-state index in [1.165, 1.54) is 17.6 Å². The summed E-state index contributed by atoms with van der Waals surface area (Å²) in [5.74, 6) is -1.63. The highest BCUT2D eigenvalue weighted by molar-refractivity contribution is 7.05. The summed E-state index contributed by atoms with van der Waals surface area (Å²) in [6.45, 7) is 2.09. The Morgan fingerprint density at radius 3 is 2.75 bits per heavy atom. The van der Waals surface area contributed by atoms with Crippen LogP contribution in [0.2, 0.25) is 0 Å². The molecular weight excluding hydrogens is 280 g/mol. The van der Waals surface area contributed by atoms with Crippen LogP contribution in [-0.2, 0) is 12.8 Å². The Kier molecular flexibility index (Phi) is 5.14. The summed E-state index contributed by atoms with van der Waals surface area (Å²) in [7, 11) is 1.85. The molecule has 1 unspecified atom stereocenters. The average molecular weight is 297 g/mol. The molecular formula is C14H17F2N3S. The van der Waals surface area contributed by atoms with Crippen molar-refractivity contribution in [3.8, 4) is 0 Å². The molecule has 0 aliphatic rings. The van der Waals surface area contributed by atoms with E-state index < -0.39 is 11.6 Å². The highest BCUT2D eigenvalue weighted by atomic mass is 32.1. The van der Waals surface area contributed by atoms with Gasteiger partial charge in [0.15, 0.2) is 11.6 Å². The summed E-state index contributed by atoms with van der Waals surface area (Å²) < 4.78 is 30.2. The van der Waals surface area contributed by atoms with E-state index >= 15 is 0 Å². The monoisotopic (exact) mass is 297 g/mol. The Morgan fingerprint density at radius 2 is 2.10 bits per heavy atom. The molecule has 0 amide bonds. The van der Waals surface area contributed by atoms with Gasteiger partial charge in [0.05, 0.1) is 10.6 Å². The van der Waals surface area contributed by atoms with E-state index in [4.69, 9.17) is 0 Å². The van der Waals surface area contributed by atoms with E-state index in [1.54, 1.807) is 6.07 Å². The molecule has 0 spiro atoms. The first-order valence-corrected chi connectivity index (χ1v) is 7.35. The minimum Gasteiger partial charge on any atom is -0.312 e. The van der Waals surface area contributed by atoms with Gasteiger partial charge in [-0.1, -0.05) is 23.9 Å². The largest absolute Gasteiger partial charge is 0.312 e. The van der Waals surface area contributed by atoms with Gasteiger partial charge < -0.3 is 5.32 Å². The molecule has 2 aromatic rings. The van der Waals surface area contributed by atoms with Crippen LogP contribution in [0.5, 0.6) is 0 Å². The predicted molar refractivity (Wildman–Crippen MR) is 75.8 cm³/mol. The van der Waals surface area contributed by atoms with E-state index in [9.17, 15) is 8.78 Å². The van der Waals surface area contributed by atoms with Crippen LogP contribution in [0.25, 0.3) is 0 Å². The highest BCUT2D eigenvalue weighted by Gasteiger charge is 2.18. The molecule has 1 atom stereocenters. The fourth-order valence-electron chi connectivity index (χ4n) is 2.12. The van der Waals surface area contributed by atoms with E-state index in [2.05, 4.69) is 21.8 Å². The number of hydrogen-bond donors (Lipinski definition) is 1. The zero-order chi connectivity index (χ0) is 14.5. The van der Waals surface area contributed by atoms with Gasteiger partial charge in [-0.15, -0.1) is 5.10 Å². The average Bonchev–Trinajstić information content (AvgIpc) is 2.88. The van der Waals surface area contributed by atoms with Crippen molar-refractivity contribution in [2.75, 3.05) is 7.05 Å². The number of halogens is 2. The van der Waals surface area contributed by atoms with Gasteiger partial charge >= 0.3 is 0 Å². The van der Waals surface area contributed by atoms with Crippen molar-refractivity contribution >= 4 is 11.5 Å². The number of benzene rings is 1. The van der Waals surface area contributed by atoms with Crippen LogP contribution < -0.4 is 5.32 Å². The van der Waals surface area contributed by atoms with Crippen molar-refractivity contribution < 1.29 is 8.78 Å². The first kappa shape index (κ1) is 15.0. The molecule has 0 aliphatic heterocycles. The summed E-state index contributed by atoms with van der Waals surface area (Å²) >= 11 is 1.36. The zero-order valence-corrected chi connectivity index (χ0v) is 12.3. The highest BCUT2D eigenvalue weighted by Crippen LogP contribution is 2.25. The van der Waals surface area contributed by atoms with Crippen molar-refractivity contribution in [1.29, 1.82) is 0 Å². The summed E-state index contributed by atoms with van der Waals surface area (Å²) in [5.41, 5.74) is 1.73. The van der Waals surface area contributed by atoms with Crippen molar-refractivity contribution in [2.24, 2.45) is 0 Å². The lowest BCUT2D eigenvalue weighted by molar-refractivity contribution is 0.504. The van der Waals surface area contributed by atoms with Crippen LogP contribution in [0.4, 0.5) is 8.78 Å². The maximum Gasteiger partial charge on any atom is 0.159 e. The molecule has 1 heterocycles. The number of rotatable bonds is 6. The molecule has 0 aliphatic carbocycles. The molecule has 0 saturated heterocycles. The first-order valence-electron chi connectivity index (χ1n) is 6.58. The predicted octanol–water partition coefficient (Wildman–Crippen LogP) is 3.27. The first-order chi connectivity index (χ1) is 9.65. The van der Waals surface area contributed by atoms with Gasteiger partial charge in [-0.25, -0.2) is 8.78 Å². The lowest BCUT2D eigenvalue weighted by Crippen LogP contribution is -2.19. The molecule has 0 radical (unpaired) electrons. The van der Waals surface area contributed by atoms with E-state index in [-0.39, 0.29) is 6.04 Å². The molecule has 1 aromatic heterocycles. The Balaban J connectivity index is 2.19. The van der Waals surface area contributed by atoms with Gasteiger partial charge in [0.2, 0.25) is 0 Å². The molecule has 1 N–H and O–H groups in total. The number of likely N-dealkylation sites (N-methyl/N-ethyl adjacent to an activating group) is 1. The molecule has 2 rings (SSSR count). The van der Waals surface area contributed by atoms with Crippen LogP contribution in [-0.4, -0.2) is 16.6 Å². The van der Waals surface area contributed by atoms with Crippen molar-refractivity contribution in [3.05, 3.63) is 46.0 Å². The normalized spacial score (nSPS) is 12.6. The Bertz CT molecular complexity index is 571. The minimum absolute atomic E-state index is 0.0152. The number of aryl methyl sites for hydroxylation is 1. The van der Waals surface area contributed by atoms with Gasteiger partial charge in [0, 0.05) is 6.04 Å². The summed E-state index contributed by atoms with van der Waals surface area (Å²) in [6.07, 6.45) is 2.45.